The van der Waals surface area contributed by atoms with Gasteiger partial charge in [-0.25, -0.2) is 0 Å². The smallest absolute Gasteiger partial charge is 0.131 e. The van der Waals surface area contributed by atoms with Crippen LogP contribution in [0.1, 0.15) is 109 Å². The predicted octanol–water partition coefficient (Wildman–Crippen LogP) is 9.09. The van der Waals surface area contributed by atoms with Crippen molar-refractivity contribution in [3.05, 3.63) is 40.0 Å². The van der Waals surface area contributed by atoms with E-state index in [0.29, 0.717) is 5.75 Å². The molecular weight excluding hydrogens is 619 g/mol. The van der Waals surface area contributed by atoms with E-state index in [9.17, 15) is 5.11 Å². The van der Waals surface area contributed by atoms with Crippen LogP contribution in [0.4, 0.5) is 0 Å². The molecule has 1 aliphatic heterocycles. The molecule has 0 saturated carbocycles. The summed E-state index contributed by atoms with van der Waals surface area (Å²) < 4.78 is 6.51. The molecule has 0 spiro atoms. The SMILES string of the molecule is C/C(=C\CCC1(C)C=Cc2c(C)c(O)c(C)c(C)c2O1)CC(C)CC(C)CCCC(C)C.[Ac]. The zero-order valence-corrected chi connectivity index (χ0v) is 27.6. The van der Waals surface area contributed by atoms with Crippen molar-refractivity contribution in [2.45, 2.75) is 113 Å². The zero-order chi connectivity index (χ0) is 24.1. The Hall–Kier alpha value is -0.258. The summed E-state index contributed by atoms with van der Waals surface area (Å²) in [7, 11) is 0. The van der Waals surface area contributed by atoms with Crippen LogP contribution in [-0.4, -0.2) is 10.7 Å². The molecule has 3 heteroatoms. The second-order valence-corrected chi connectivity index (χ2v) is 11.3. The predicted molar refractivity (Wildman–Crippen MR) is 140 cm³/mol. The van der Waals surface area contributed by atoms with E-state index in [1.165, 1.54) is 37.7 Å². The summed E-state index contributed by atoms with van der Waals surface area (Å²) in [6, 6.07) is 0. The van der Waals surface area contributed by atoms with Crippen molar-refractivity contribution in [2.75, 3.05) is 0 Å². The Morgan fingerprint density at radius 1 is 1.03 bits per heavy atom. The number of benzene rings is 1. The molecule has 2 rings (SSSR count). The molecule has 1 aliphatic rings. The topological polar surface area (TPSA) is 29.5 Å². The van der Waals surface area contributed by atoms with Gasteiger partial charge in [0.25, 0.3) is 0 Å². The molecule has 0 aliphatic carbocycles. The average molecular weight is 668 g/mol. The van der Waals surface area contributed by atoms with Crippen LogP contribution in [0.3, 0.4) is 0 Å². The van der Waals surface area contributed by atoms with E-state index in [2.05, 4.69) is 59.8 Å². The third kappa shape index (κ3) is 9.04. The van der Waals surface area contributed by atoms with Crippen LogP contribution in [0.25, 0.3) is 6.08 Å². The van der Waals surface area contributed by atoms with Crippen LogP contribution in [0, 0.1) is 82.6 Å². The minimum absolute atomic E-state index is 0. The van der Waals surface area contributed by atoms with Crippen LogP contribution in [-0.2, 0) is 0 Å². The number of ether oxygens (including phenoxy) is 1. The van der Waals surface area contributed by atoms with E-state index >= 15 is 0 Å². The van der Waals surface area contributed by atoms with Gasteiger partial charge in [0, 0.05) is 55.2 Å². The Morgan fingerprint density at radius 3 is 2.33 bits per heavy atom. The van der Waals surface area contributed by atoms with Gasteiger partial charge in [-0.05, 0) is 95.3 Å². The molecule has 1 radical (unpaired) electrons. The van der Waals surface area contributed by atoms with Crippen molar-refractivity contribution < 1.29 is 53.9 Å². The Labute approximate surface area is 240 Å². The third-order valence-electron chi connectivity index (χ3n) is 7.29. The van der Waals surface area contributed by atoms with Crippen LogP contribution >= 0.6 is 0 Å². The quantitative estimate of drug-likeness (QED) is 0.239. The number of hydrogen-bond acceptors (Lipinski definition) is 2. The second kappa shape index (κ2) is 13.7. The van der Waals surface area contributed by atoms with E-state index in [0.717, 1.165) is 58.6 Å². The summed E-state index contributed by atoms with van der Waals surface area (Å²) in [4.78, 5) is 0. The van der Waals surface area contributed by atoms with Crippen LogP contribution in [0.15, 0.2) is 17.7 Å². The fourth-order valence-electron chi connectivity index (χ4n) is 5.12. The first kappa shape index (κ1) is 30.8. The largest absolute Gasteiger partial charge is 0.507 e. The summed E-state index contributed by atoms with van der Waals surface area (Å²) >= 11 is 0. The van der Waals surface area contributed by atoms with E-state index in [1.54, 1.807) is 0 Å². The van der Waals surface area contributed by atoms with Gasteiger partial charge in [0.2, 0.25) is 0 Å². The first-order valence-electron chi connectivity index (χ1n) is 12.8. The Bertz CT molecular complexity index is 836. The molecule has 3 atom stereocenters. The number of phenols is 1. The molecule has 1 heterocycles. The minimum Gasteiger partial charge on any atom is -0.507 e. The van der Waals surface area contributed by atoms with Crippen molar-refractivity contribution in [2.24, 2.45) is 17.8 Å². The van der Waals surface area contributed by atoms with Crippen molar-refractivity contribution in [1.29, 1.82) is 0 Å². The Kier molecular flexibility index (Phi) is 12.8. The van der Waals surface area contributed by atoms with E-state index < -0.39 is 0 Å². The minimum atomic E-state index is -0.305. The number of allylic oxidation sites excluding steroid dienone is 2. The zero-order valence-electron chi connectivity index (χ0n) is 22.8. The number of fused-ring (bicyclic) bond motifs is 1. The van der Waals surface area contributed by atoms with Crippen molar-refractivity contribution >= 4 is 6.08 Å². The number of rotatable bonds is 11. The van der Waals surface area contributed by atoms with Gasteiger partial charge in [0.1, 0.15) is 17.1 Å². The molecule has 2 nitrogen and oxygen atoms in total. The maximum Gasteiger partial charge on any atom is 0.131 e. The monoisotopic (exact) mass is 667 g/mol. The molecule has 33 heavy (non-hydrogen) atoms. The molecule has 0 bridgehead atoms. The van der Waals surface area contributed by atoms with Crippen molar-refractivity contribution in [3.63, 3.8) is 0 Å². The van der Waals surface area contributed by atoms with Gasteiger partial charge in [-0.3, -0.25) is 0 Å². The summed E-state index contributed by atoms with van der Waals surface area (Å²) in [5.74, 6) is 3.72. The number of phenolic OH excluding ortho intramolecular Hbond substituents is 1. The molecule has 0 amide bonds. The van der Waals surface area contributed by atoms with Crippen molar-refractivity contribution in [1.82, 2.24) is 0 Å². The van der Waals surface area contributed by atoms with Gasteiger partial charge in [-0.2, -0.15) is 0 Å². The standard InChI is InChI=1S/C30H48O2.Ac/c1-20(2)12-10-13-21(3)18-23(5)19-22(4)14-11-16-30(9)17-15-27-26(8)28(31)24(6)25(7)29(27)32-30;/h14-15,17,20-21,23,31H,10-13,16,18-19H2,1-9H3;/b22-14+;. The summed E-state index contributed by atoms with van der Waals surface area (Å²) in [6.07, 6.45) is 15.3. The van der Waals surface area contributed by atoms with Gasteiger partial charge in [0.05, 0.1) is 0 Å². The van der Waals surface area contributed by atoms with Gasteiger partial charge in [0.15, 0.2) is 0 Å². The number of hydrogen-bond donors (Lipinski definition) is 1. The maximum atomic E-state index is 10.4. The molecule has 0 fully saturated rings. The summed E-state index contributed by atoms with van der Waals surface area (Å²) in [5, 5.41) is 10.4. The fraction of sp³-hybridized carbons (Fsp3) is 0.667. The summed E-state index contributed by atoms with van der Waals surface area (Å²) in [6.45, 7) is 19.9. The van der Waals surface area contributed by atoms with E-state index in [-0.39, 0.29) is 49.7 Å². The molecule has 0 aromatic heterocycles. The first-order valence-corrected chi connectivity index (χ1v) is 12.8. The third-order valence-corrected chi connectivity index (χ3v) is 7.29. The van der Waals surface area contributed by atoms with Crippen LogP contribution in [0.2, 0.25) is 0 Å². The second-order valence-electron chi connectivity index (χ2n) is 11.3. The summed E-state index contributed by atoms with van der Waals surface area (Å²) in [5.41, 5.74) is 5.09. The number of aromatic hydroxyl groups is 1. The van der Waals surface area contributed by atoms with E-state index in [1.807, 2.05) is 20.8 Å². The fourth-order valence-corrected chi connectivity index (χ4v) is 5.12. The molecule has 183 valence electrons. The molecular formula is C30H48AcO2. The average Bonchev–Trinajstić information content (AvgIpc) is 2.70. The normalized spacial score (nSPS) is 19.6. The van der Waals surface area contributed by atoms with Crippen molar-refractivity contribution in [3.8, 4) is 11.5 Å². The Morgan fingerprint density at radius 2 is 1.70 bits per heavy atom. The first-order chi connectivity index (χ1) is 14.9. The van der Waals surface area contributed by atoms with Gasteiger partial charge in [-0.1, -0.05) is 64.7 Å². The molecule has 1 N–H and O–H groups in total. The van der Waals surface area contributed by atoms with Crippen LogP contribution in [0.5, 0.6) is 11.5 Å². The van der Waals surface area contributed by atoms with E-state index in [4.69, 9.17) is 4.74 Å². The van der Waals surface area contributed by atoms with Gasteiger partial charge < -0.3 is 9.84 Å². The molecule has 3 unspecified atom stereocenters. The van der Waals surface area contributed by atoms with Gasteiger partial charge >= 0.3 is 0 Å². The molecule has 1 aromatic rings. The maximum absolute atomic E-state index is 10.4. The Balaban J connectivity index is 0.00000544. The molecule has 0 saturated heterocycles. The van der Waals surface area contributed by atoms with Crippen LogP contribution < -0.4 is 4.74 Å². The van der Waals surface area contributed by atoms with Gasteiger partial charge in [-0.15, -0.1) is 0 Å². The molecule has 1 aromatic carbocycles.